The van der Waals surface area contributed by atoms with E-state index in [0.717, 1.165) is 25.0 Å². The number of nitrogens with zero attached hydrogens (tertiary/aromatic N) is 1. The van der Waals surface area contributed by atoms with Gasteiger partial charge in [0.05, 0.1) is 12.6 Å². The van der Waals surface area contributed by atoms with Crippen molar-refractivity contribution in [2.24, 2.45) is 7.05 Å². The third kappa shape index (κ3) is 3.63. The first-order chi connectivity index (χ1) is 9.61. The first-order valence-electron chi connectivity index (χ1n) is 7.66. The van der Waals surface area contributed by atoms with Crippen LogP contribution in [0.5, 0.6) is 0 Å². The molecular weight excluding hydrogens is 252 g/mol. The van der Waals surface area contributed by atoms with Crippen LogP contribution in [0.1, 0.15) is 50.4 Å². The maximum absolute atomic E-state index is 12.2. The van der Waals surface area contributed by atoms with E-state index in [9.17, 15) is 4.79 Å². The molecule has 1 aliphatic carbocycles. The molecule has 1 aromatic rings. The first-order valence-corrected chi connectivity index (χ1v) is 7.66. The van der Waals surface area contributed by atoms with E-state index in [1.165, 1.54) is 18.5 Å². The number of amides is 1. The van der Waals surface area contributed by atoms with Crippen LogP contribution in [-0.4, -0.2) is 22.7 Å². The average Bonchev–Trinajstić information content (AvgIpc) is 3.06. The topological polar surface area (TPSA) is 43.3 Å². The summed E-state index contributed by atoms with van der Waals surface area (Å²) < 4.78 is 8.02. The molecule has 0 saturated heterocycles. The molecule has 1 heterocycles. The zero-order chi connectivity index (χ0) is 14.5. The van der Waals surface area contributed by atoms with Crippen LogP contribution in [0.4, 0.5) is 0 Å². The Morgan fingerprint density at radius 1 is 1.45 bits per heavy atom. The standard InChI is InChI=1S/C16H26N2O2/c1-4-15(20-14-7-5-6-8-14)16(19)17-11-13-10-9-12(2)18(13)3/h9-10,14-15H,4-8,11H2,1-3H3,(H,17,19)/t15-/m1/s1. The van der Waals surface area contributed by atoms with Gasteiger partial charge in [0.1, 0.15) is 6.10 Å². The lowest BCUT2D eigenvalue weighted by Gasteiger charge is -2.20. The molecule has 1 saturated carbocycles. The summed E-state index contributed by atoms with van der Waals surface area (Å²) >= 11 is 0. The molecule has 2 rings (SSSR count). The molecule has 1 aromatic heterocycles. The second kappa shape index (κ2) is 6.93. The van der Waals surface area contributed by atoms with Gasteiger partial charge in [-0.2, -0.15) is 0 Å². The van der Waals surface area contributed by atoms with Crippen LogP contribution in [0.15, 0.2) is 12.1 Å². The number of hydrogen-bond acceptors (Lipinski definition) is 2. The number of carbonyl (C=O) groups excluding carboxylic acids is 1. The number of carbonyl (C=O) groups is 1. The van der Waals surface area contributed by atoms with Crippen molar-refractivity contribution in [2.45, 2.75) is 64.7 Å². The smallest absolute Gasteiger partial charge is 0.249 e. The second-order valence-corrected chi connectivity index (χ2v) is 5.68. The highest BCUT2D eigenvalue weighted by atomic mass is 16.5. The fourth-order valence-corrected chi connectivity index (χ4v) is 2.74. The van der Waals surface area contributed by atoms with Crippen molar-refractivity contribution in [3.8, 4) is 0 Å². The predicted octanol–water partition coefficient (Wildman–Crippen LogP) is 2.69. The zero-order valence-electron chi connectivity index (χ0n) is 12.8. The highest BCUT2D eigenvalue weighted by Crippen LogP contribution is 2.23. The third-order valence-corrected chi connectivity index (χ3v) is 4.24. The summed E-state index contributed by atoms with van der Waals surface area (Å²) in [5.74, 6) is 0.0123. The van der Waals surface area contributed by atoms with E-state index in [-0.39, 0.29) is 18.1 Å². The van der Waals surface area contributed by atoms with E-state index in [1.807, 2.05) is 20.0 Å². The van der Waals surface area contributed by atoms with Crippen molar-refractivity contribution in [3.05, 3.63) is 23.5 Å². The Hall–Kier alpha value is -1.29. The summed E-state index contributed by atoms with van der Waals surface area (Å²) in [6.45, 7) is 4.63. The van der Waals surface area contributed by atoms with Crippen LogP contribution < -0.4 is 5.32 Å². The molecule has 1 atom stereocenters. The minimum atomic E-state index is -0.306. The summed E-state index contributed by atoms with van der Waals surface area (Å²) in [6.07, 6.45) is 5.36. The Kier molecular flexibility index (Phi) is 5.24. The van der Waals surface area contributed by atoms with Gasteiger partial charge >= 0.3 is 0 Å². The Morgan fingerprint density at radius 3 is 2.70 bits per heavy atom. The monoisotopic (exact) mass is 278 g/mol. The van der Waals surface area contributed by atoms with Gasteiger partial charge < -0.3 is 14.6 Å². The van der Waals surface area contributed by atoms with E-state index in [2.05, 4.69) is 22.9 Å². The van der Waals surface area contributed by atoms with Gasteiger partial charge in [0.25, 0.3) is 0 Å². The minimum Gasteiger partial charge on any atom is -0.365 e. The SMILES string of the molecule is CC[C@@H](OC1CCCC1)C(=O)NCc1ccc(C)n1C. The van der Waals surface area contributed by atoms with Gasteiger partial charge in [0.15, 0.2) is 0 Å². The normalized spacial score (nSPS) is 17.4. The summed E-state index contributed by atoms with van der Waals surface area (Å²) in [6, 6.07) is 4.11. The zero-order valence-corrected chi connectivity index (χ0v) is 12.8. The molecule has 1 aliphatic rings. The van der Waals surface area contributed by atoms with Crippen LogP contribution in [0, 0.1) is 6.92 Å². The van der Waals surface area contributed by atoms with Crippen LogP contribution >= 0.6 is 0 Å². The van der Waals surface area contributed by atoms with E-state index in [0.29, 0.717) is 6.54 Å². The molecule has 4 heteroatoms. The Morgan fingerprint density at radius 2 is 2.15 bits per heavy atom. The molecule has 0 spiro atoms. The van der Waals surface area contributed by atoms with Gasteiger partial charge in [0, 0.05) is 18.4 Å². The predicted molar refractivity (Wildman–Crippen MR) is 79.4 cm³/mol. The molecule has 1 amide bonds. The second-order valence-electron chi connectivity index (χ2n) is 5.68. The minimum absolute atomic E-state index is 0.0123. The molecule has 20 heavy (non-hydrogen) atoms. The van der Waals surface area contributed by atoms with Gasteiger partial charge in [-0.3, -0.25) is 4.79 Å². The molecule has 1 N–H and O–H groups in total. The number of ether oxygens (including phenoxy) is 1. The molecule has 1 fully saturated rings. The van der Waals surface area contributed by atoms with Gasteiger partial charge in [0.2, 0.25) is 5.91 Å². The van der Waals surface area contributed by atoms with E-state index >= 15 is 0 Å². The lowest BCUT2D eigenvalue weighted by atomic mass is 10.2. The summed E-state index contributed by atoms with van der Waals surface area (Å²) in [5.41, 5.74) is 2.31. The molecule has 0 aliphatic heterocycles. The van der Waals surface area contributed by atoms with E-state index < -0.39 is 0 Å². The van der Waals surface area contributed by atoms with E-state index in [4.69, 9.17) is 4.74 Å². The maximum Gasteiger partial charge on any atom is 0.249 e. The van der Waals surface area contributed by atoms with Gasteiger partial charge in [-0.15, -0.1) is 0 Å². The maximum atomic E-state index is 12.2. The molecular formula is C16H26N2O2. The van der Waals surface area contributed by atoms with Gasteiger partial charge in [-0.05, 0) is 38.3 Å². The first kappa shape index (κ1) is 15.1. The molecule has 0 bridgehead atoms. The van der Waals surface area contributed by atoms with Crippen molar-refractivity contribution in [1.82, 2.24) is 9.88 Å². The summed E-state index contributed by atoms with van der Waals surface area (Å²) in [4.78, 5) is 12.2. The third-order valence-electron chi connectivity index (χ3n) is 4.24. The van der Waals surface area contributed by atoms with Crippen molar-refractivity contribution >= 4 is 5.91 Å². The Balaban J connectivity index is 1.84. The lowest BCUT2D eigenvalue weighted by Crippen LogP contribution is -2.37. The highest BCUT2D eigenvalue weighted by Gasteiger charge is 2.24. The van der Waals surface area contributed by atoms with Crippen LogP contribution in [0.3, 0.4) is 0 Å². The quantitative estimate of drug-likeness (QED) is 0.869. The number of rotatable bonds is 6. The molecule has 0 aromatic carbocycles. The summed E-state index contributed by atoms with van der Waals surface area (Å²) in [7, 11) is 2.02. The average molecular weight is 278 g/mol. The van der Waals surface area contributed by atoms with Crippen LogP contribution in [-0.2, 0) is 23.1 Å². The van der Waals surface area contributed by atoms with Gasteiger partial charge in [-0.25, -0.2) is 0 Å². The fraction of sp³-hybridized carbons (Fsp3) is 0.688. The molecule has 112 valence electrons. The number of aromatic nitrogens is 1. The summed E-state index contributed by atoms with van der Waals surface area (Å²) in [5, 5.41) is 2.99. The van der Waals surface area contributed by atoms with Crippen LogP contribution in [0.2, 0.25) is 0 Å². The van der Waals surface area contributed by atoms with Crippen molar-refractivity contribution in [1.29, 1.82) is 0 Å². The van der Waals surface area contributed by atoms with Crippen molar-refractivity contribution in [3.63, 3.8) is 0 Å². The number of hydrogen-bond donors (Lipinski definition) is 1. The van der Waals surface area contributed by atoms with Crippen LogP contribution in [0.25, 0.3) is 0 Å². The molecule has 4 nitrogen and oxygen atoms in total. The largest absolute Gasteiger partial charge is 0.365 e. The van der Waals surface area contributed by atoms with Crippen molar-refractivity contribution in [2.75, 3.05) is 0 Å². The van der Waals surface area contributed by atoms with E-state index in [1.54, 1.807) is 0 Å². The molecule has 0 radical (unpaired) electrons. The highest BCUT2D eigenvalue weighted by molar-refractivity contribution is 5.80. The lowest BCUT2D eigenvalue weighted by molar-refractivity contribution is -0.137. The van der Waals surface area contributed by atoms with Gasteiger partial charge in [-0.1, -0.05) is 19.8 Å². The number of nitrogens with one attached hydrogen (secondary N) is 1. The van der Waals surface area contributed by atoms with Crippen molar-refractivity contribution < 1.29 is 9.53 Å². The fourth-order valence-electron chi connectivity index (χ4n) is 2.74. The Bertz CT molecular complexity index is 447. The number of aryl methyl sites for hydroxylation is 1. The molecule has 0 unspecified atom stereocenters. The Labute approximate surface area is 121 Å².